The van der Waals surface area contributed by atoms with Crippen LogP contribution in [0.5, 0.6) is 0 Å². The van der Waals surface area contributed by atoms with E-state index in [9.17, 15) is 13.2 Å². The lowest BCUT2D eigenvalue weighted by Gasteiger charge is -2.32. The van der Waals surface area contributed by atoms with Crippen molar-refractivity contribution >= 4 is 49.8 Å². The number of sulfonamides is 1. The number of nitrogens with one attached hydrogen (secondary N) is 2. The van der Waals surface area contributed by atoms with Gasteiger partial charge in [-0.05, 0) is 78.1 Å². The maximum absolute atomic E-state index is 13.1. The average Bonchev–Trinajstić information content (AvgIpc) is 3.00. The highest BCUT2D eigenvalue weighted by Gasteiger charge is 2.29. The van der Waals surface area contributed by atoms with E-state index in [4.69, 9.17) is 23.2 Å². The Bertz CT molecular complexity index is 1820. The first-order valence-electron chi connectivity index (χ1n) is 13.8. The predicted octanol–water partition coefficient (Wildman–Crippen LogP) is 7.28. The molecule has 0 spiro atoms. The van der Waals surface area contributed by atoms with Crippen molar-refractivity contribution in [1.29, 1.82) is 0 Å². The van der Waals surface area contributed by atoms with Gasteiger partial charge >= 0.3 is 0 Å². The quantitative estimate of drug-likeness (QED) is 0.188. The summed E-state index contributed by atoms with van der Waals surface area (Å²) in [5, 5.41) is 5.78. The third kappa shape index (κ3) is 5.96. The van der Waals surface area contributed by atoms with Gasteiger partial charge < -0.3 is 10.3 Å². The van der Waals surface area contributed by atoms with Crippen LogP contribution in [-0.2, 0) is 10.0 Å². The first kappa shape index (κ1) is 28.5. The summed E-state index contributed by atoms with van der Waals surface area (Å²) in [5.41, 5.74) is 4.45. The zero-order chi connectivity index (χ0) is 29.3. The largest absolute Gasteiger partial charge is 0.382 e. The number of aromatic nitrogens is 1. The van der Waals surface area contributed by atoms with E-state index in [0.717, 1.165) is 33.3 Å². The Balaban J connectivity index is 1.30. The maximum atomic E-state index is 13.1. The van der Waals surface area contributed by atoms with Gasteiger partial charge in [0.1, 0.15) is 0 Å². The molecular weight excluding hydrogens is 589 g/mol. The molecule has 1 aliphatic rings. The Kier molecular flexibility index (Phi) is 8.10. The Morgan fingerprint density at radius 3 is 1.93 bits per heavy atom. The molecule has 0 saturated carbocycles. The van der Waals surface area contributed by atoms with Crippen LogP contribution in [0.4, 0.5) is 5.69 Å². The molecule has 0 bridgehead atoms. The van der Waals surface area contributed by atoms with Gasteiger partial charge in [-0.3, -0.25) is 4.79 Å². The van der Waals surface area contributed by atoms with Gasteiger partial charge in [-0.1, -0.05) is 71.7 Å². The number of aromatic amines is 1. The number of rotatable bonds is 7. The highest BCUT2D eigenvalue weighted by atomic mass is 35.5. The number of fused-ring (bicyclic) bond motifs is 1. The molecule has 0 atom stereocenters. The molecule has 1 aromatic heterocycles. The van der Waals surface area contributed by atoms with Gasteiger partial charge in [-0.15, -0.1) is 0 Å². The van der Waals surface area contributed by atoms with Crippen LogP contribution in [-0.4, -0.2) is 36.8 Å². The molecule has 5 aromatic rings. The number of H-pyrrole nitrogens is 1. The summed E-state index contributed by atoms with van der Waals surface area (Å²) in [6, 6.07) is 31.8. The van der Waals surface area contributed by atoms with Crippen LogP contribution in [0.15, 0.2) is 113 Å². The van der Waals surface area contributed by atoms with Crippen molar-refractivity contribution < 1.29 is 8.42 Å². The van der Waals surface area contributed by atoms with E-state index >= 15 is 0 Å². The molecule has 0 unspecified atom stereocenters. The molecule has 1 saturated heterocycles. The number of benzene rings is 4. The summed E-state index contributed by atoms with van der Waals surface area (Å²) < 4.78 is 27.7. The number of pyridine rings is 1. The molecule has 6 nitrogen and oxygen atoms in total. The SMILES string of the molecule is O=c1cc(NC2CCN(S(=O)(=O)c3ccccc3)CC2)c2cc(C(c3ccc(Cl)cc3)c3ccc(Cl)cc3)ccc2[nH]1. The normalized spacial score (nSPS) is 14.8. The van der Waals surface area contributed by atoms with Crippen molar-refractivity contribution in [3.8, 4) is 0 Å². The minimum atomic E-state index is -3.54. The van der Waals surface area contributed by atoms with E-state index in [0.29, 0.717) is 40.9 Å². The Hall–Kier alpha value is -3.62. The molecule has 214 valence electrons. The highest BCUT2D eigenvalue weighted by Crippen LogP contribution is 2.36. The van der Waals surface area contributed by atoms with Crippen molar-refractivity contribution in [2.45, 2.75) is 29.7 Å². The van der Waals surface area contributed by atoms with Gasteiger partial charge in [0.25, 0.3) is 0 Å². The number of nitrogens with zero attached hydrogens (tertiary/aromatic N) is 1. The van der Waals surface area contributed by atoms with Crippen LogP contribution in [0.2, 0.25) is 10.0 Å². The van der Waals surface area contributed by atoms with Crippen molar-refractivity contribution in [3.05, 3.63) is 140 Å². The summed E-state index contributed by atoms with van der Waals surface area (Å²) in [6.45, 7) is 0.799. The number of piperidine rings is 1. The maximum Gasteiger partial charge on any atom is 0.250 e. The van der Waals surface area contributed by atoms with Crippen LogP contribution in [0.1, 0.15) is 35.4 Å². The van der Waals surface area contributed by atoms with Crippen LogP contribution in [0.3, 0.4) is 0 Å². The van der Waals surface area contributed by atoms with Crippen LogP contribution in [0.25, 0.3) is 10.9 Å². The smallest absolute Gasteiger partial charge is 0.250 e. The molecule has 9 heteroatoms. The zero-order valence-corrected chi connectivity index (χ0v) is 25.0. The van der Waals surface area contributed by atoms with Gasteiger partial charge in [0.2, 0.25) is 15.6 Å². The average molecular weight is 619 g/mol. The molecule has 0 aliphatic carbocycles. The number of hydrogen-bond donors (Lipinski definition) is 2. The fraction of sp³-hybridized carbons (Fsp3) is 0.182. The van der Waals surface area contributed by atoms with Crippen LogP contribution < -0.4 is 10.9 Å². The minimum Gasteiger partial charge on any atom is -0.382 e. The van der Waals surface area contributed by atoms with Gasteiger partial charge in [-0.25, -0.2) is 8.42 Å². The predicted molar refractivity (Wildman–Crippen MR) is 170 cm³/mol. The van der Waals surface area contributed by atoms with E-state index in [1.54, 1.807) is 36.4 Å². The monoisotopic (exact) mass is 617 g/mol. The molecule has 4 aromatic carbocycles. The molecule has 6 rings (SSSR count). The fourth-order valence-corrected chi connectivity index (χ4v) is 7.40. The standard InChI is InChI=1S/C33H29Cl2N3O3S/c34-25-11-6-22(7-12-25)33(23-8-13-26(35)14-9-23)24-10-15-30-29(20-24)31(21-32(39)37-30)36-27-16-18-38(19-17-27)42(40,41)28-4-2-1-3-5-28/h1-15,20-21,27,33H,16-19H2,(H2,36,37,39). The zero-order valence-electron chi connectivity index (χ0n) is 22.6. The van der Waals surface area contributed by atoms with Crippen LogP contribution in [0, 0.1) is 0 Å². The fourth-order valence-electron chi connectivity index (χ4n) is 5.66. The molecule has 42 heavy (non-hydrogen) atoms. The first-order valence-corrected chi connectivity index (χ1v) is 16.0. The van der Waals surface area contributed by atoms with E-state index in [2.05, 4.69) is 16.4 Å². The van der Waals surface area contributed by atoms with Crippen molar-refractivity contribution in [1.82, 2.24) is 9.29 Å². The van der Waals surface area contributed by atoms with Crippen molar-refractivity contribution in [2.75, 3.05) is 18.4 Å². The second kappa shape index (κ2) is 11.9. The third-order valence-corrected chi connectivity index (χ3v) is 10.2. The van der Waals surface area contributed by atoms with E-state index in [1.165, 1.54) is 4.31 Å². The number of anilines is 1. The van der Waals surface area contributed by atoms with Gasteiger partial charge in [-0.2, -0.15) is 4.31 Å². The Morgan fingerprint density at radius 1 is 0.762 bits per heavy atom. The topological polar surface area (TPSA) is 82.3 Å². The lowest BCUT2D eigenvalue weighted by Crippen LogP contribution is -2.42. The number of halogens is 2. The van der Waals surface area contributed by atoms with E-state index in [1.807, 2.05) is 60.7 Å². The first-order chi connectivity index (χ1) is 20.3. The minimum absolute atomic E-state index is 0.0178. The number of hydrogen-bond acceptors (Lipinski definition) is 4. The lowest BCUT2D eigenvalue weighted by molar-refractivity contribution is 0.330. The summed E-state index contributed by atoms with van der Waals surface area (Å²) in [5.74, 6) is -0.0878. The summed E-state index contributed by atoms with van der Waals surface area (Å²) >= 11 is 12.4. The molecule has 2 heterocycles. The van der Waals surface area contributed by atoms with E-state index in [-0.39, 0.29) is 17.5 Å². The van der Waals surface area contributed by atoms with Crippen molar-refractivity contribution in [2.24, 2.45) is 0 Å². The molecule has 1 fully saturated rings. The van der Waals surface area contributed by atoms with Gasteiger partial charge in [0.15, 0.2) is 0 Å². The summed E-state index contributed by atoms with van der Waals surface area (Å²) in [4.78, 5) is 15.9. The summed E-state index contributed by atoms with van der Waals surface area (Å²) in [6.07, 6.45) is 1.25. The molecule has 1 aliphatic heterocycles. The second-order valence-electron chi connectivity index (χ2n) is 10.5. The molecule has 2 N–H and O–H groups in total. The van der Waals surface area contributed by atoms with Crippen LogP contribution >= 0.6 is 23.2 Å². The van der Waals surface area contributed by atoms with Crippen molar-refractivity contribution in [3.63, 3.8) is 0 Å². The third-order valence-electron chi connectivity index (χ3n) is 7.80. The summed E-state index contributed by atoms with van der Waals surface area (Å²) in [7, 11) is -3.54. The molecule has 0 radical (unpaired) electrons. The van der Waals surface area contributed by atoms with E-state index < -0.39 is 10.0 Å². The highest BCUT2D eigenvalue weighted by molar-refractivity contribution is 7.89. The Morgan fingerprint density at radius 2 is 1.33 bits per heavy atom. The van der Waals surface area contributed by atoms with Gasteiger partial charge in [0, 0.05) is 52.2 Å². The van der Waals surface area contributed by atoms with Gasteiger partial charge in [0.05, 0.1) is 10.4 Å². The molecular formula is C33H29Cl2N3O3S. The second-order valence-corrected chi connectivity index (χ2v) is 13.3. The molecule has 0 amide bonds. The lowest BCUT2D eigenvalue weighted by atomic mass is 9.84. The Labute approximate surface area is 255 Å².